The average Bonchev–Trinajstić information content (AvgIpc) is 1.56. The SMILES string of the molecule is CC(C)(C)c1ccc(N2c3ccccc3-c3ccccc3N(c3cc(C(C)(C)C)ccn3)c3cc(Oc4cccc(-n5[c](=[Pt])n(-c6cc(C(C)(C)C)cc(C(C)(C)C)c6)c6cc(-c7ccccc7)ccc65)c4)c(C(C)(C)C)cc3-c3ccccc32)cc1. The molecular weight excluding hydrogens is 1240 g/mol. The molecule has 7 heteroatoms. The molecule has 0 unspecified atom stereocenters. The van der Waals surface area contributed by atoms with Crippen molar-refractivity contribution in [3.05, 3.63) is 250 Å². The molecule has 0 spiro atoms. The molecule has 0 amide bonds. The zero-order valence-corrected chi connectivity index (χ0v) is 55.5. The van der Waals surface area contributed by atoms with Gasteiger partial charge in [0, 0.05) is 17.4 Å². The summed E-state index contributed by atoms with van der Waals surface area (Å²) in [5.74, 6) is 2.31. The number of aromatic nitrogens is 3. The van der Waals surface area contributed by atoms with Crippen molar-refractivity contribution >= 4 is 45.3 Å². The first kappa shape index (κ1) is 59.0. The molecule has 1 aliphatic heterocycles. The maximum absolute atomic E-state index is 7.56. The van der Waals surface area contributed by atoms with Gasteiger partial charge in [0.05, 0.1) is 5.69 Å². The van der Waals surface area contributed by atoms with Gasteiger partial charge in [0.15, 0.2) is 0 Å². The third-order valence-electron chi connectivity index (χ3n) is 17.1. The van der Waals surface area contributed by atoms with Crippen LogP contribution in [0, 0.1) is 3.80 Å². The Bertz CT molecular complexity index is 4440. The average molecular weight is 1320 g/mol. The number of hydrogen-bond donors (Lipinski definition) is 0. The Morgan fingerprint density at radius 2 is 0.885 bits per heavy atom. The van der Waals surface area contributed by atoms with Crippen molar-refractivity contribution in [2.24, 2.45) is 0 Å². The van der Waals surface area contributed by atoms with Gasteiger partial charge in [-0.3, -0.25) is 0 Å². The monoisotopic (exact) mass is 1320 g/mol. The van der Waals surface area contributed by atoms with Crippen LogP contribution in [0.1, 0.15) is 132 Å². The van der Waals surface area contributed by atoms with Gasteiger partial charge in [0.1, 0.15) is 0 Å². The van der Waals surface area contributed by atoms with E-state index in [-0.39, 0.29) is 27.1 Å². The Morgan fingerprint density at radius 3 is 1.46 bits per heavy atom. The summed E-state index contributed by atoms with van der Waals surface area (Å²) in [7, 11) is 0. The van der Waals surface area contributed by atoms with Gasteiger partial charge in [-0.25, -0.2) is 0 Å². The van der Waals surface area contributed by atoms with Gasteiger partial charge in [0.25, 0.3) is 0 Å². The standard InChI is InChI=1S/C80H81N5O.Pt/c1-76(2,3)55-37-39-59(40-38-55)84-68-33-22-19-30-63(68)64-31-20-24-35-70(64)85(75-48-56(42-43-81-75)77(4,5)6)72-51-74(67(80(13,14)15)50-66(72)65-32-21-23-34-69(65)84)86-62-29-25-28-60(49-62)82-52-83(61-46-57(78(7,8)9)45-58(47-61)79(10,11)12)73-44-54(36-41-71(73)82)53-26-17-16-18-27-53;/h16-51H,1-15H3;. The first-order valence-corrected chi connectivity index (χ1v) is 31.7. The number of nitrogens with zero attached hydrogens (tertiary/aromatic N) is 5. The van der Waals surface area contributed by atoms with Crippen LogP contribution in [0.3, 0.4) is 0 Å². The maximum atomic E-state index is 7.56. The van der Waals surface area contributed by atoms with Crippen molar-refractivity contribution < 1.29 is 24.1 Å². The molecule has 1 aliphatic rings. The third kappa shape index (κ3) is 11.4. The molecule has 2 aromatic heterocycles. The molecule has 0 fully saturated rings. The summed E-state index contributed by atoms with van der Waals surface area (Å²) >= 11 is 2.55. The number of ether oxygens (including phenoxy) is 1. The number of imidazole rings is 1. The van der Waals surface area contributed by atoms with Gasteiger partial charge in [-0.1, -0.05) is 102 Å². The van der Waals surface area contributed by atoms with Crippen molar-refractivity contribution in [3.8, 4) is 56.3 Å². The Kier molecular flexibility index (Phi) is 15.0. The minimum absolute atomic E-state index is 0.00883. The molecule has 442 valence electrons. The van der Waals surface area contributed by atoms with E-state index in [1.807, 2.05) is 6.20 Å². The number of pyridine rings is 1. The fraction of sp³-hybridized carbons (Fsp3) is 0.250. The first-order chi connectivity index (χ1) is 41.2. The number of benzene rings is 9. The minimum atomic E-state index is -0.365. The summed E-state index contributed by atoms with van der Waals surface area (Å²) in [6.07, 6.45) is 1.97. The van der Waals surface area contributed by atoms with E-state index < -0.39 is 0 Å². The van der Waals surface area contributed by atoms with Crippen LogP contribution in [-0.2, 0) is 46.4 Å². The molecular formula is C80H81N5OPt. The second-order valence-corrected chi connectivity index (χ2v) is 29.7. The third-order valence-corrected chi connectivity index (χ3v) is 18.1. The van der Waals surface area contributed by atoms with Crippen molar-refractivity contribution in [2.45, 2.75) is 131 Å². The van der Waals surface area contributed by atoms with Crippen molar-refractivity contribution in [1.82, 2.24) is 14.1 Å². The molecule has 0 saturated heterocycles. The molecule has 0 radical (unpaired) electrons. The van der Waals surface area contributed by atoms with Crippen LogP contribution in [-0.4, -0.2) is 14.1 Å². The van der Waals surface area contributed by atoms with E-state index in [1.165, 1.54) is 27.8 Å². The fourth-order valence-electron chi connectivity index (χ4n) is 12.1. The molecule has 0 aliphatic carbocycles. The van der Waals surface area contributed by atoms with E-state index in [0.717, 1.165) is 105 Å². The van der Waals surface area contributed by atoms with Gasteiger partial charge in [-0.15, -0.1) is 0 Å². The molecule has 87 heavy (non-hydrogen) atoms. The van der Waals surface area contributed by atoms with Crippen molar-refractivity contribution in [2.75, 3.05) is 9.80 Å². The fourth-order valence-corrected chi connectivity index (χ4v) is 13.2. The van der Waals surface area contributed by atoms with Gasteiger partial charge in [0.2, 0.25) is 0 Å². The van der Waals surface area contributed by atoms with Gasteiger partial charge >= 0.3 is 348 Å². The van der Waals surface area contributed by atoms with Crippen LogP contribution in [0.5, 0.6) is 11.5 Å². The van der Waals surface area contributed by atoms with Crippen LogP contribution in [0.15, 0.2) is 219 Å². The quantitative estimate of drug-likeness (QED) is 0.159. The molecule has 3 heterocycles. The van der Waals surface area contributed by atoms with Crippen molar-refractivity contribution in [1.29, 1.82) is 0 Å². The van der Waals surface area contributed by atoms with E-state index >= 15 is 0 Å². The Hall–Kier alpha value is -8.31. The topological polar surface area (TPSA) is 38.5 Å². The number of hydrogen-bond acceptors (Lipinski definition) is 4. The zero-order valence-electron chi connectivity index (χ0n) is 53.2. The van der Waals surface area contributed by atoms with E-state index in [9.17, 15) is 0 Å². The van der Waals surface area contributed by atoms with E-state index in [4.69, 9.17) is 9.72 Å². The molecule has 0 bridgehead atoms. The Balaban J connectivity index is 1.10. The van der Waals surface area contributed by atoms with E-state index in [2.05, 4.69) is 354 Å². The number of para-hydroxylation sites is 3. The van der Waals surface area contributed by atoms with Crippen LogP contribution in [0.25, 0.3) is 55.8 Å². The van der Waals surface area contributed by atoms with Crippen LogP contribution >= 0.6 is 0 Å². The Morgan fingerprint density at radius 1 is 0.345 bits per heavy atom. The smallest absolute Gasteiger partial charge is 0.0615 e. The minimum Gasteiger partial charge on any atom is -0.0615 e. The summed E-state index contributed by atoms with van der Waals surface area (Å²) in [5, 5.41) is 0. The predicted molar refractivity (Wildman–Crippen MR) is 363 cm³/mol. The summed E-state index contributed by atoms with van der Waals surface area (Å²) < 4.78 is 13.5. The Labute approximate surface area is 527 Å². The summed E-state index contributed by atoms with van der Waals surface area (Å²) in [6, 6.07) is 78.3. The van der Waals surface area contributed by atoms with Crippen LogP contribution in [0.2, 0.25) is 0 Å². The number of anilines is 6. The molecule has 0 saturated carbocycles. The van der Waals surface area contributed by atoms with Crippen LogP contribution < -0.4 is 14.5 Å². The zero-order chi connectivity index (χ0) is 61.5. The second kappa shape index (κ2) is 22.1. The molecule has 0 N–H and O–H groups in total. The molecule has 9 aromatic carbocycles. The summed E-state index contributed by atoms with van der Waals surface area (Å²) in [6.45, 7) is 34.4. The summed E-state index contributed by atoms with van der Waals surface area (Å²) in [4.78, 5) is 10.2. The van der Waals surface area contributed by atoms with E-state index in [0.29, 0.717) is 0 Å². The number of fused-ring (bicyclic) bond motifs is 7. The van der Waals surface area contributed by atoms with Gasteiger partial charge in [-0.2, -0.15) is 0 Å². The second-order valence-electron chi connectivity index (χ2n) is 28.6. The van der Waals surface area contributed by atoms with Gasteiger partial charge in [-0.05, 0) is 52.3 Å². The molecule has 11 aromatic rings. The first-order valence-electron chi connectivity index (χ1n) is 30.6. The molecule has 6 nitrogen and oxygen atoms in total. The molecule has 0 atom stereocenters. The number of rotatable bonds is 7. The molecule has 12 rings (SSSR count). The van der Waals surface area contributed by atoms with Crippen LogP contribution in [0.4, 0.5) is 34.3 Å². The predicted octanol–water partition coefficient (Wildman–Crippen LogP) is 22.4. The summed E-state index contributed by atoms with van der Waals surface area (Å²) in [5.41, 5.74) is 21.7. The van der Waals surface area contributed by atoms with Gasteiger partial charge < -0.3 is 4.90 Å². The normalized spacial score (nSPS) is 13.0. The van der Waals surface area contributed by atoms with E-state index in [1.54, 1.807) is 0 Å². The van der Waals surface area contributed by atoms with Crippen molar-refractivity contribution in [3.63, 3.8) is 0 Å².